The number of fused-ring (bicyclic) bond motifs is 1. The third-order valence-corrected chi connectivity index (χ3v) is 7.07. The van der Waals surface area contributed by atoms with Gasteiger partial charge in [0, 0.05) is 16.3 Å². The summed E-state index contributed by atoms with van der Waals surface area (Å²) in [5.74, 6) is -0.869. The Hall–Kier alpha value is -1.41. The SMILES string of the molecule is O=C(COC(=O)c1csc2c1CCCC2)NC1CCS(=O)(=O)C1. The van der Waals surface area contributed by atoms with Gasteiger partial charge in [-0.25, -0.2) is 13.2 Å². The Balaban J connectivity index is 1.51. The van der Waals surface area contributed by atoms with Gasteiger partial charge >= 0.3 is 5.97 Å². The average molecular weight is 357 g/mol. The van der Waals surface area contributed by atoms with Gasteiger partial charge in [0.05, 0.1) is 17.1 Å². The van der Waals surface area contributed by atoms with Crippen LogP contribution >= 0.6 is 11.3 Å². The second-order valence-corrected chi connectivity index (χ2v) is 9.19. The molecule has 1 atom stereocenters. The maximum Gasteiger partial charge on any atom is 0.339 e. The number of ether oxygens (including phenoxy) is 1. The maximum absolute atomic E-state index is 12.1. The first-order valence-corrected chi connectivity index (χ1v) is 10.4. The Labute approximate surface area is 139 Å². The first-order valence-electron chi connectivity index (χ1n) is 7.71. The fourth-order valence-corrected chi connectivity index (χ4v) is 5.84. The Morgan fingerprint density at radius 2 is 2.09 bits per heavy atom. The Kier molecular flexibility index (Phi) is 4.72. The molecule has 1 aliphatic carbocycles. The molecule has 1 aromatic rings. The smallest absolute Gasteiger partial charge is 0.339 e. The van der Waals surface area contributed by atoms with Crippen LogP contribution in [0.25, 0.3) is 0 Å². The molecule has 2 heterocycles. The minimum absolute atomic E-state index is 0.0370. The van der Waals surface area contributed by atoms with E-state index in [1.54, 1.807) is 16.7 Å². The zero-order valence-corrected chi connectivity index (χ0v) is 14.3. The molecule has 1 amide bonds. The molecule has 3 rings (SSSR count). The number of hydrogen-bond donors (Lipinski definition) is 1. The third-order valence-electron chi connectivity index (χ3n) is 4.21. The van der Waals surface area contributed by atoms with Crippen LogP contribution in [0.2, 0.25) is 0 Å². The topological polar surface area (TPSA) is 89.5 Å². The monoisotopic (exact) mass is 357 g/mol. The van der Waals surface area contributed by atoms with Crippen molar-refractivity contribution >= 4 is 33.1 Å². The fraction of sp³-hybridized carbons (Fsp3) is 0.600. The molecule has 6 nitrogen and oxygen atoms in total. The predicted molar refractivity (Wildman–Crippen MR) is 86.4 cm³/mol. The number of esters is 1. The van der Waals surface area contributed by atoms with Crippen molar-refractivity contribution in [1.29, 1.82) is 0 Å². The summed E-state index contributed by atoms with van der Waals surface area (Å²) < 4.78 is 27.8. The van der Waals surface area contributed by atoms with Crippen LogP contribution in [0.5, 0.6) is 0 Å². The second-order valence-electron chi connectivity index (χ2n) is 6.00. The molecule has 0 radical (unpaired) electrons. The molecule has 1 aromatic heterocycles. The molecule has 23 heavy (non-hydrogen) atoms. The number of thiophene rings is 1. The van der Waals surface area contributed by atoms with Crippen LogP contribution in [0.4, 0.5) is 0 Å². The van der Waals surface area contributed by atoms with Crippen LogP contribution in [0.1, 0.15) is 40.1 Å². The molecule has 0 bridgehead atoms. The molecular formula is C15H19NO5S2. The number of sulfone groups is 1. The molecule has 1 aliphatic heterocycles. The Morgan fingerprint density at radius 1 is 1.30 bits per heavy atom. The van der Waals surface area contributed by atoms with Crippen molar-refractivity contribution in [3.8, 4) is 0 Å². The third kappa shape index (κ3) is 3.92. The minimum atomic E-state index is -3.04. The molecule has 0 saturated carbocycles. The van der Waals surface area contributed by atoms with E-state index in [0.29, 0.717) is 12.0 Å². The van der Waals surface area contributed by atoms with Gasteiger partial charge in [-0.05, 0) is 37.7 Å². The van der Waals surface area contributed by atoms with Crippen molar-refractivity contribution in [2.24, 2.45) is 0 Å². The number of amides is 1. The highest BCUT2D eigenvalue weighted by atomic mass is 32.2. The van der Waals surface area contributed by atoms with E-state index in [-0.39, 0.29) is 24.2 Å². The molecule has 8 heteroatoms. The lowest BCUT2D eigenvalue weighted by molar-refractivity contribution is -0.124. The van der Waals surface area contributed by atoms with Crippen molar-refractivity contribution in [1.82, 2.24) is 5.32 Å². The quantitative estimate of drug-likeness (QED) is 0.815. The molecule has 1 unspecified atom stereocenters. The highest BCUT2D eigenvalue weighted by Gasteiger charge is 2.29. The van der Waals surface area contributed by atoms with Crippen molar-refractivity contribution in [2.45, 2.75) is 38.1 Å². The summed E-state index contributed by atoms with van der Waals surface area (Å²) >= 11 is 1.57. The van der Waals surface area contributed by atoms with Crippen LogP contribution in [-0.4, -0.2) is 44.4 Å². The summed E-state index contributed by atoms with van der Waals surface area (Å²) in [6.07, 6.45) is 4.52. The summed E-state index contributed by atoms with van der Waals surface area (Å²) in [5.41, 5.74) is 1.63. The maximum atomic E-state index is 12.1. The summed E-state index contributed by atoms with van der Waals surface area (Å²) in [5, 5.41) is 4.41. The van der Waals surface area contributed by atoms with Gasteiger partial charge in [-0.15, -0.1) is 11.3 Å². The van der Waals surface area contributed by atoms with Crippen molar-refractivity contribution in [2.75, 3.05) is 18.1 Å². The Bertz CT molecular complexity index is 722. The first kappa shape index (κ1) is 16.4. The van der Waals surface area contributed by atoms with E-state index in [1.165, 1.54) is 4.88 Å². The summed E-state index contributed by atoms with van der Waals surface area (Å²) in [6, 6.07) is -0.375. The summed E-state index contributed by atoms with van der Waals surface area (Å²) in [4.78, 5) is 25.2. The number of rotatable bonds is 4. The van der Waals surface area contributed by atoms with Crippen molar-refractivity contribution in [3.63, 3.8) is 0 Å². The van der Waals surface area contributed by atoms with Gasteiger partial charge < -0.3 is 10.1 Å². The standard InChI is InChI=1S/C15H19NO5S2/c17-14(16-10-5-6-23(19,20)9-10)7-21-15(18)12-8-22-13-4-2-1-3-11(12)13/h8,10H,1-7,9H2,(H,16,17). The molecule has 1 N–H and O–H groups in total. The number of nitrogens with one attached hydrogen (secondary N) is 1. The van der Waals surface area contributed by atoms with Gasteiger partial charge in [0.2, 0.25) is 0 Å². The summed E-state index contributed by atoms with van der Waals surface area (Å²) in [7, 11) is -3.04. The van der Waals surface area contributed by atoms with Gasteiger partial charge in [-0.2, -0.15) is 0 Å². The lowest BCUT2D eigenvalue weighted by Crippen LogP contribution is -2.38. The number of hydrogen-bond acceptors (Lipinski definition) is 6. The first-order chi connectivity index (χ1) is 10.9. The van der Waals surface area contributed by atoms with Crippen LogP contribution in [-0.2, 0) is 32.2 Å². The molecule has 126 valence electrons. The molecular weight excluding hydrogens is 338 g/mol. The molecule has 2 aliphatic rings. The highest BCUT2D eigenvalue weighted by molar-refractivity contribution is 7.91. The predicted octanol–water partition coefficient (Wildman–Crippen LogP) is 1.09. The van der Waals surface area contributed by atoms with Gasteiger partial charge in [-0.1, -0.05) is 0 Å². The largest absolute Gasteiger partial charge is 0.452 e. The van der Waals surface area contributed by atoms with E-state index >= 15 is 0 Å². The fourth-order valence-electron chi connectivity index (χ4n) is 3.05. The minimum Gasteiger partial charge on any atom is -0.452 e. The van der Waals surface area contributed by atoms with E-state index in [0.717, 1.165) is 31.2 Å². The van der Waals surface area contributed by atoms with E-state index in [9.17, 15) is 18.0 Å². The average Bonchev–Trinajstić information content (AvgIpc) is 3.08. The molecule has 1 saturated heterocycles. The van der Waals surface area contributed by atoms with Crippen molar-refractivity contribution in [3.05, 3.63) is 21.4 Å². The van der Waals surface area contributed by atoms with E-state index < -0.39 is 21.7 Å². The zero-order chi connectivity index (χ0) is 16.4. The van der Waals surface area contributed by atoms with Gasteiger partial charge in [0.25, 0.3) is 5.91 Å². The van der Waals surface area contributed by atoms with Crippen LogP contribution in [0.15, 0.2) is 5.38 Å². The molecule has 0 aromatic carbocycles. The van der Waals surface area contributed by atoms with Gasteiger partial charge in [0.15, 0.2) is 16.4 Å². The van der Waals surface area contributed by atoms with Crippen molar-refractivity contribution < 1.29 is 22.7 Å². The lowest BCUT2D eigenvalue weighted by atomic mass is 9.96. The highest BCUT2D eigenvalue weighted by Crippen LogP contribution is 2.30. The second kappa shape index (κ2) is 6.60. The lowest BCUT2D eigenvalue weighted by Gasteiger charge is -2.13. The summed E-state index contributed by atoms with van der Waals surface area (Å²) in [6.45, 7) is -0.375. The van der Waals surface area contributed by atoms with Crippen LogP contribution in [0, 0.1) is 0 Å². The van der Waals surface area contributed by atoms with E-state index in [4.69, 9.17) is 4.74 Å². The van der Waals surface area contributed by atoms with E-state index in [2.05, 4.69) is 5.32 Å². The van der Waals surface area contributed by atoms with Gasteiger partial charge in [0.1, 0.15) is 0 Å². The zero-order valence-electron chi connectivity index (χ0n) is 12.7. The number of carbonyl (C=O) groups is 2. The normalized spacial score (nSPS) is 22.3. The van der Waals surface area contributed by atoms with Crippen LogP contribution in [0.3, 0.4) is 0 Å². The van der Waals surface area contributed by atoms with Crippen LogP contribution < -0.4 is 5.32 Å². The Morgan fingerprint density at radius 3 is 2.83 bits per heavy atom. The van der Waals surface area contributed by atoms with E-state index in [1.807, 2.05) is 0 Å². The number of carbonyl (C=O) groups excluding carboxylic acids is 2. The number of aryl methyl sites for hydroxylation is 1. The van der Waals surface area contributed by atoms with Gasteiger partial charge in [-0.3, -0.25) is 4.79 Å². The molecule has 0 spiro atoms. The molecule has 1 fully saturated rings.